The summed E-state index contributed by atoms with van der Waals surface area (Å²) in [5.41, 5.74) is 24.6. The van der Waals surface area contributed by atoms with Crippen molar-refractivity contribution < 1.29 is 14.3 Å². The molecule has 32 heavy (non-hydrogen) atoms. The fraction of sp³-hybridized carbons (Fsp3) is 0.348. The van der Waals surface area contributed by atoms with Gasteiger partial charge in [-0.2, -0.15) is 0 Å². The first kappa shape index (κ1) is 23.1. The van der Waals surface area contributed by atoms with Gasteiger partial charge in [-0.15, -0.1) is 0 Å². The number of guanidine groups is 1. The molecular weight excluding hydrogens is 408 g/mol. The van der Waals surface area contributed by atoms with Crippen LogP contribution in [-0.2, 0) is 11.2 Å². The Bertz CT molecular complexity index is 980. The molecule has 0 spiro atoms. The molecule has 1 saturated carbocycles. The van der Waals surface area contributed by atoms with Crippen molar-refractivity contribution in [3.05, 3.63) is 53.6 Å². The Balaban J connectivity index is 1.66. The van der Waals surface area contributed by atoms with Crippen LogP contribution in [0.1, 0.15) is 48.0 Å². The average Bonchev–Trinajstić information content (AvgIpc) is 2.75. The van der Waals surface area contributed by atoms with Crippen LogP contribution in [0.3, 0.4) is 0 Å². The predicted octanol–water partition coefficient (Wildman–Crippen LogP) is 1.91. The molecule has 1 aliphatic rings. The van der Waals surface area contributed by atoms with Crippen molar-refractivity contribution in [2.75, 3.05) is 5.32 Å². The molecule has 0 heterocycles. The lowest BCUT2D eigenvalue weighted by atomic mass is 9.97. The number of nitrogens with two attached hydrogens (primary N) is 4. The Morgan fingerprint density at radius 3 is 2.34 bits per heavy atom. The summed E-state index contributed by atoms with van der Waals surface area (Å²) < 4.78 is 6.05. The van der Waals surface area contributed by atoms with Gasteiger partial charge in [0.05, 0.1) is 23.4 Å². The fourth-order valence-electron chi connectivity index (χ4n) is 3.70. The molecule has 3 rings (SSSR count). The summed E-state index contributed by atoms with van der Waals surface area (Å²) in [6.07, 6.45) is 5.61. The Labute approximate surface area is 187 Å². The zero-order valence-corrected chi connectivity index (χ0v) is 17.9. The quantitative estimate of drug-likeness (QED) is 0.311. The number of carbonyl (C=O) groups excluding carboxylic acids is 2. The zero-order chi connectivity index (χ0) is 23.1. The summed E-state index contributed by atoms with van der Waals surface area (Å²) in [4.78, 5) is 28.4. The average molecular weight is 439 g/mol. The van der Waals surface area contributed by atoms with E-state index in [9.17, 15) is 9.59 Å². The van der Waals surface area contributed by atoms with Gasteiger partial charge in [-0.25, -0.2) is 4.99 Å². The van der Waals surface area contributed by atoms with E-state index in [1.807, 2.05) is 12.1 Å². The lowest BCUT2D eigenvalue weighted by molar-refractivity contribution is -0.117. The maximum atomic E-state index is 12.6. The molecule has 0 aliphatic heterocycles. The number of nitrogens with one attached hydrogen (secondary N) is 1. The third kappa shape index (κ3) is 6.45. The molecule has 170 valence electrons. The third-order valence-electron chi connectivity index (χ3n) is 5.35. The van der Waals surface area contributed by atoms with Crippen molar-refractivity contribution in [2.45, 2.75) is 50.7 Å². The maximum Gasteiger partial charge on any atom is 0.252 e. The topological polar surface area (TPSA) is 172 Å². The number of benzene rings is 2. The summed E-state index contributed by atoms with van der Waals surface area (Å²) in [6, 6.07) is 11.1. The number of hydrogen-bond donors (Lipinski definition) is 5. The second-order valence-corrected chi connectivity index (χ2v) is 7.96. The minimum Gasteiger partial charge on any atom is -0.490 e. The van der Waals surface area contributed by atoms with E-state index in [0.717, 1.165) is 31.2 Å². The summed E-state index contributed by atoms with van der Waals surface area (Å²) in [7, 11) is 0. The van der Waals surface area contributed by atoms with Crippen molar-refractivity contribution in [3.63, 3.8) is 0 Å². The Morgan fingerprint density at radius 2 is 1.72 bits per heavy atom. The molecule has 0 radical (unpaired) electrons. The number of ether oxygens (including phenoxy) is 1. The number of nitrogens with zero attached hydrogens (tertiary/aromatic N) is 1. The van der Waals surface area contributed by atoms with E-state index >= 15 is 0 Å². The first-order chi connectivity index (χ1) is 15.3. The van der Waals surface area contributed by atoms with Gasteiger partial charge in [-0.1, -0.05) is 18.6 Å². The summed E-state index contributed by atoms with van der Waals surface area (Å²) in [6.45, 7) is 0. The van der Waals surface area contributed by atoms with E-state index in [0.29, 0.717) is 29.1 Å². The highest BCUT2D eigenvalue weighted by Crippen LogP contribution is 2.28. The van der Waals surface area contributed by atoms with Gasteiger partial charge in [0.15, 0.2) is 5.96 Å². The van der Waals surface area contributed by atoms with E-state index in [4.69, 9.17) is 27.7 Å². The molecule has 0 aromatic heterocycles. The smallest absolute Gasteiger partial charge is 0.252 e. The molecule has 0 saturated heterocycles. The molecule has 1 atom stereocenters. The highest BCUT2D eigenvalue weighted by Gasteiger charge is 2.20. The third-order valence-corrected chi connectivity index (χ3v) is 5.35. The molecule has 9 nitrogen and oxygen atoms in total. The van der Waals surface area contributed by atoms with E-state index in [-0.39, 0.29) is 18.0 Å². The van der Waals surface area contributed by atoms with E-state index < -0.39 is 11.9 Å². The lowest BCUT2D eigenvalue weighted by Gasteiger charge is -2.24. The van der Waals surface area contributed by atoms with Gasteiger partial charge >= 0.3 is 0 Å². The van der Waals surface area contributed by atoms with Gasteiger partial charge in [0, 0.05) is 11.8 Å². The van der Waals surface area contributed by atoms with Crippen LogP contribution in [0.4, 0.5) is 11.4 Å². The summed E-state index contributed by atoms with van der Waals surface area (Å²) in [5.74, 6) is -0.572. The predicted molar refractivity (Wildman–Crippen MR) is 125 cm³/mol. The van der Waals surface area contributed by atoms with Gasteiger partial charge < -0.3 is 33.0 Å². The molecule has 0 unspecified atom stereocenters. The number of amides is 2. The highest BCUT2D eigenvalue weighted by molar-refractivity contribution is 5.98. The molecule has 1 fully saturated rings. The van der Waals surface area contributed by atoms with Crippen molar-refractivity contribution in [3.8, 4) is 5.75 Å². The SMILES string of the molecule is NC(=O)c1ccc(NC(=O)[C@@H](N)Cc2ccc(N=C(N)N)cc2)cc1OC1CCCCC1. The molecule has 9 N–H and O–H groups in total. The van der Waals surface area contributed by atoms with Crippen LogP contribution in [0.5, 0.6) is 5.75 Å². The number of carbonyl (C=O) groups is 2. The van der Waals surface area contributed by atoms with Crippen molar-refractivity contribution in [1.29, 1.82) is 0 Å². The number of anilines is 1. The van der Waals surface area contributed by atoms with Crippen molar-refractivity contribution in [2.24, 2.45) is 27.9 Å². The summed E-state index contributed by atoms with van der Waals surface area (Å²) >= 11 is 0. The van der Waals surface area contributed by atoms with Crippen LogP contribution >= 0.6 is 0 Å². The molecule has 2 aromatic carbocycles. The van der Waals surface area contributed by atoms with Crippen LogP contribution in [-0.4, -0.2) is 29.9 Å². The van der Waals surface area contributed by atoms with Crippen LogP contribution < -0.4 is 33.0 Å². The standard InChI is InChI=1S/C23H30N6O3/c24-19(12-14-6-8-15(9-7-14)29-23(26)27)22(31)28-16-10-11-18(21(25)30)20(13-16)32-17-4-2-1-3-5-17/h6-11,13,17,19H,1-5,12,24H2,(H2,25,30)(H,28,31)(H4,26,27,29)/t19-/m0/s1. The van der Waals surface area contributed by atoms with Crippen LogP contribution in [0.2, 0.25) is 0 Å². The Morgan fingerprint density at radius 1 is 1.03 bits per heavy atom. The van der Waals surface area contributed by atoms with Crippen molar-refractivity contribution in [1.82, 2.24) is 0 Å². The monoisotopic (exact) mass is 438 g/mol. The van der Waals surface area contributed by atoms with E-state index in [2.05, 4.69) is 10.3 Å². The second-order valence-electron chi connectivity index (χ2n) is 7.96. The van der Waals surface area contributed by atoms with E-state index in [1.54, 1.807) is 30.3 Å². The number of aliphatic imine (C=N–C) groups is 1. The molecule has 0 bridgehead atoms. The highest BCUT2D eigenvalue weighted by atomic mass is 16.5. The van der Waals surface area contributed by atoms with Crippen LogP contribution in [0.15, 0.2) is 47.5 Å². The number of rotatable bonds is 8. The van der Waals surface area contributed by atoms with Gasteiger partial charge in [0.25, 0.3) is 5.91 Å². The first-order valence-electron chi connectivity index (χ1n) is 10.7. The largest absolute Gasteiger partial charge is 0.490 e. The Hall–Kier alpha value is -3.59. The second kappa shape index (κ2) is 10.6. The van der Waals surface area contributed by atoms with Gasteiger partial charge in [0.1, 0.15) is 5.75 Å². The minimum absolute atomic E-state index is 0.0250. The fourth-order valence-corrected chi connectivity index (χ4v) is 3.70. The number of hydrogen-bond acceptors (Lipinski definition) is 5. The zero-order valence-electron chi connectivity index (χ0n) is 17.9. The molecule has 1 aliphatic carbocycles. The molecule has 9 heteroatoms. The molecule has 2 aromatic rings. The first-order valence-corrected chi connectivity index (χ1v) is 10.7. The van der Waals surface area contributed by atoms with Gasteiger partial charge in [-0.3, -0.25) is 9.59 Å². The van der Waals surface area contributed by atoms with Crippen molar-refractivity contribution >= 4 is 29.1 Å². The minimum atomic E-state index is -0.776. The normalized spacial score (nSPS) is 14.9. The van der Waals surface area contributed by atoms with E-state index in [1.165, 1.54) is 6.42 Å². The van der Waals surface area contributed by atoms with Gasteiger partial charge in [0.2, 0.25) is 5.91 Å². The van der Waals surface area contributed by atoms with Crippen LogP contribution in [0, 0.1) is 0 Å². The number of primary amides is 1. The summed E-state index contributed by atoms with van der Waals surface area (Å²) in [5, 5.41) is 2.79. The maximum absolute atomic E-state index is 12.6. The van der Waals surface area contributed by atoms with Crippen LogP contribution in [0.25, 0.3) is 0 Å². The Kier molecular flexibility index (Phi) is 7.67. The lowest BCUT2D eigenvalue weighted by Crippen LogP contribution is -2.37. The molecular formula is C23H30N6O3. The molecule has 2 amide bonds. The van der Waals surface area contributed by atoms with Gasteiger partial charge in [-0.05, 0) is 61.9 Å².